The Morgan fingerprint density at radius 1 is 1.14 bits per heavy atom. The quantitative estimate of drug-likeness (QED) is 0.830. The number of nitrogens with zero attached hydrogens (tertiary/aromatic N) is 5. The van der Waals surface area contributed by atoms with Crippen LogP contribution in [0.4, 0.5) is 11.6 Å². The van der Waals surface area contributed by atoms with Gasteiger partial charge < -0.3 is 14.7 Å². The average Bonchev–Trinajstić information content (AvgIpc) is 3.33. The molecule has 1 saturated carbocycles. The molecule has 2 heterocycles. The molecule has 1 amide bonds. The van der Waals surface area contributed by atoms with Crippen LogP contribution in [0.2, 0.25) is 0 Å². The summed E-state index contributed by atoms with van der Waals surface area (Å²) in [7, 11) is 3.96. The van der Waals surface area contributed by atoms with E-state index in [1.807, 2.05) is 23.9 Å². The molecule has 0 atom stereocenters. The minimum Gasteiger partial charge on any atom is -0.360 e. The van der Waals surface area contributed by atoms with Crippen molar-refractivity contribution in [2.75, 3.05) is 50.1 Å². The van der Waals surface area contributed by atoms with E-state index in [-0.39, 0.29) is 0 Å². The number of rotatable bonds is 3. The van der Waals surface area contributed by atoms with Crippen LogP contribution >= 0.6 is 0 Å². The normalized spacial score (nSPS) is 19.3. The van der Waals surface area contributed by atoms with Crippen LogP contribution in [0.5, 0.6) is 0 Å². The van der Waals surface area contributed by atoms with Gasteiger partial charge in [-0.1, -0.05) is 0 Å². The second kappa shape index (κ2) is 5.87. The summed E-state index contributed by atoms with van der Waals surface area (Å²) in [6.07, 6.45) is 6.60. The Morgan fingerprint density at radius 3 is 2.62 bits per heavy atom. The SMILES string of the molecule is CN(C)c1nccnc1N1CCCN(C(=O)C2CC2)CC1. The minimum absolute atomic E-state index is 0.311. The molecule has 21 heavy (non-hydrogen) atoms. The first-order chi connectivity index (χ1) is 10.2. The highest BCUT2D eigenvalue weighted by Gasteiger charge is 2.34. The molecule has 1 aliphatic heterocycles. The van der Waals surface area contributed by atoms with Crippen LogP contribution in [0.1, 0.15) is 19.3 Å². The highest BCUT2D eigenvalue weighted by molar-refractivity contribution is 5.81. The number of hydrogen-bond acceptors (Lipinski definition) is 5. The lowest BCUT2D eigenvalue weighted by Crippen LogP contribution is -2.36. The fourth-order valence-corrected chi connectivity index (χ4v) is 2.80. The number of anilines is 2. The summed E-state index contributed by atoms with van der Waals surface area (Å²) in [5.74, 6) is 2.47. The van der Waals surface area contributed by atoms with Crippen LogP contribution in [0.3, 0.4) is 0 Å². The number of carbonyl (C=O) groups is 1. The molecule has 0 radical (unpaired) electrons. The molecule has 1 aliphatic carbocycles. The molecule has 3 rings (SSSR count). The number of aromatic nitrogens is 2. The Kier molecular flexibility index (Phi) is 3.94. The number of carbonyl (C=O) groups excluding carboxylic acids is 1. The Labute approximate surface area is 125 Å². The zero-order valence-corrected chi connectivity index (χ0v) is 12.8. The third kappa shape index (κ3) is 3.09. The van der Waals surface area contributed by atoms with Gasteiger partial charge in [0.1, 0.15) is 0 Å². The summed E-state index contributed by atoms with van der Waals surface area (Å²) in [4.78, 5) is 27.4. The van der Waals surface area contributed by atoms with Gasteiger partial charge in [-0.3, -0.25) is 4.79 Å². The lowest BCUT2D eigenvalue weighted by Gasteiger charge is -2.26. The van der Waals surface area contributed by atoms with Crippen molar-refractivity contribution < 1.29 is 4.79 Å². The average molecular weight is 289 g/mol. The van der Waals surface area contributed by atoms with Crippen molar-refractivity contribution in [3.05, 3.63) is 12.4 Å². The first kappa shape index (κ1) is 14.1. The van der Waals surface area contributed by atoms with Crippen LogP contribution in [-0.4, -0.2) is 61.0 Å². The van der Waals surface area contributed by atoms with Crippen LogP contribution in [0.25, 0.3) is 0 Å². The molecule has 6 nitrogen and oxygen atoms in total. The van der Waals surface area contributed by atoms with Crippen molar-refractivity contribution in [2.45, 2.75) is 19.3 Å². The molecule has 6 heteroatoms. The van der Waals surface area contributed by atoms with E-state index in [1.165, 1.54) is 0 Å². The van der Waals surface area contributed by atoms with Gasteiger partial charge in [0, 0.05) is 58.6 Å². The molecule has 2 aliphatic rings. The molecule has 0 unspecified atom stereocenters. The first-order valence-corrected chi connectivity index (χ1v) is 7.69. The largest absolute Gasteiger partial charge is 0.360 e. The topological polar surface area (TPSA) is 52.6 Å². The monoisotopic (exact) mass is 289 g/mol. The van der Waals surface area contributed by atoms with Crippen molar-refractivity contribution >= 4 is 17.5 Å². The standard InChI is InChI=1S/C15H23N5O/c1-18(2)13-14(17-7-6-16-13)19-8-3-9-20(11-10-19)15(21)12-4-5-12/h6-7,12H,3-5,8-11H2,1-2H3. The fourth-order valence-electron chi connectivity index (χ4n) is 2.80. The van der Waals surface area contributed by atoms with E-state index in [9.17, 15) is 4.79 Å². The maximum Gasteiger partial charge on any atom is 0.225 e. The molecule has 0 spiro atoms. The lowest BCUT2D eigenvalue weighted by molar-refractivity contribution is -0.132. The van der Waals surface area contributed by atoms with Crippen molar-refractivity contribution in [2.24, 2.45) is 5.92 Å². The molecule has 114 valence electrons. The molecule has 0 N–H and O–H groups in total. The molecule has 1 saturated heterocycles. The third-order valence-electron chi connectivity index (χ3n) is 4.12. The number of amides is 1. The zero-order chi connectivity index (χ0) is 14.8. The van der Waals surface area contributed by atoms with Gasteiger partial charge in [0.2, 0.25) is 5.91 Å². The van der Waals surface area contributed by atoms with E-state index < -0.39 is 0 Å². The first-order valence-electron chi connectivity index (χ1n) is 7.69. The van der Waals surface area contributed by atoms with Gasteiger partial charge in [0.05, 0.1) is 0 Å². The van der Waals surface area contributed by atoms with E-state index in [1.54, 1.807) is 12.4 Å². The Balaban J connectivity index is 1.71. The Hall–Kier alpha value is -1.85. The fraction of sp³-hybridized carbons (Fsp3) is 0.667. The van der Waals surface area contributed by atoms with Gasteiger partial charge in [-0.05, 0) is 19.3 Å². The summed E-state index contributed by atoms with van der Waals surface area (Å²) in [6, 6.07) is 0. The lowest BCUT2D eigenvalue weighted by atomic mass is 10.3. The van der Waals surface area contributed by atoms with Crippen LogP contribution in [0, 0.1) is 5.92 Å². The van der Waals surface area contributed by atoms with Gasteiger partial charge in [-0.15, -0.1) is 0 Å². The van der Waals surface area contributed by atoms with E-state index in [0.29, 0.717) is 11.8 Å². The molecule has 1 aromatic rings. The van der Waals surface area contributed by atoms with Gasteiger partial charge in [0.15, 0.2) is 11.6 Å². The summed E-state index contributed by atoms with van der Waals surface area (Å²) >= 11 is 0. The van der Waals surface area contributed by atoms with Gasteiger partial charge in [-0.2, -0.15) is 0 Å². The maximum atomic E-state index is 12.2. The van der Waals surface area contributed by atoms with Crippen LogP contribution in [0.15, 0.2) is 12.4 Å². The van der Waals surface area contributed by atoms with Crippen molar-refractivity contribution in [3.8, 4) is 0 Å². The van der Waals surface area contributed by atoms with Gasteiger partial charge in [-0.25, -0.2) is 9.97 Å². The molecule has 1 aromatic heterocycles. The third-order valence-corrected chi connectivity index (χ3v) is 4.12. The predicted octanol–water partition coefficient (Wildman–Crippen LogP) is 0.991. The van der Waals surface area contributed by atoms with E-state index in [2.05, 4.69) is 14.9 Å². The Bertz CT molecular complexity index is 515. The van der Waals surface area contributed by atoms with Crippen LogP contribution in [-0.2, 0) is 4.79 Å². The smallest absolute Gasteiger partial charge is 0.225 e. The molecular formula is C15H23N5O. The van der Waals surface area contributed by atoms with Crippen molar-refractivity contribution in [1.29, 1.82) is 0 Å². The summed E-state index contributed by atoms with van der Waals surface area (Å²) in [5.41, 5.74) is 0. The molecular weight excluding hydrogens is 266 g/mol. The molecule has 2 fully saturated rings. The van der Waals surface area contributed by atoms with E-state index in [4.69, 9.17) is 0 Å². The highest BCUT2D eigenvalue weighted by atomic mass is 16.2. The summed E-state index contributed by atoms with van der Waals surface area (Å²) in [6.45, 7) is 3.41. The Morgan fingerprint density at radius 2 is 1.90 bits per heavy atom. The second-order valence-electron chi connectivity index (χ2n) is 6.04. The molecule has 0 bridgehead atoms. The predicted molar refractivity (Wildman–Crippen MR) is 82.5 cm³/mol. The highest BCUT2D eigenvalue weighted by Crippen LogP contribution is 2.31. The van der Waals surface area contributed by atoms with E-state index in [0.717, 1.165) is 57.1 Å². The van der Waals surface area contributed by atoms with Crippen LogP contribution < -0.4 is 9.80 Å². The minimum atomic E-state index is 0.311. The van der Waals surface area contributed by atoms with Gasteiger partial charge >= 0.3 is 0 Å². The van der Waals surface area contributed by atoms with Crippen molar-refractivity contribution in [1.82, 2.24) is 14.9 Å². The van der Waals surface area contributed by atoms with Gasteiger partial charge in [0.25, 0.3) is 0 Å². The number of hydrogen-bond donors (Lipinski definition) is 0. The second-order valence-corrected chi connectivity index (χ2v) is 6.04. The zero-order valence-electron chi connectivity index (χ0n) is 12.8. The van der Waals surface area contributed by atoms with E-state index >= 15 is 0 Å². The summed E-state index contributed by atoms with van der Waals surface area (Å²) in [5, 5.41) is 0. The molecule has 0 aromatic carbocycles. The van der Waals surface area contributed by atoms with Crippen molar-refractivity contribution in [3.63, 3.8) is 0 Å². The maximum absolute atomic E-state index is 12.2. The summed E-state index contributed by atoms with van der Waals surface area (Å²) < 4.78 is 0.